The molecule has 0 amide bonds. The van der Waals surface area contributed by atoms with Crippen molar-refractivity contribution in [1.82, 2.24) is 0 Å². The van der Waals surface area contributed by atoms with Gasteiger partial charge in [0.15, 0.2) is 17.3 Å². The molecule has 0 atom stereocenters. The standard InChI is InChI=1S/C23H14Cl2O5/c24-18-2-1-3-19(25)17(18)9-10-20(26)14-4-7-16(8-5-14)30-23(27)15-6-11-21-22(12-15)29-13-28-21/h1-12H,13H2. The Bertz CT molecular complexity index is 1130. The Balaban J connectivity index is 1.43. The van der Waals surface area contributed by atoms with Crippen LogP contribution in [0.3, 0.4) is 0 Å². The van der Waals surface area contributed by atoms with E-state index in [0.717, 1.165) is 0 Å². The Morgan fingerprint density at radius 1 is 0.867 bits per heavy atom. The Labute approximate surface area is 182 Å². The molecule has 1 heterocycles. The van der Waals surface area contributed by atoms with Gasteiger partial charge in [-0.05, 0) is 66.7 Å². The second-order valence-corrected chi connectivity index (χ2v) is 7.13. The minimum atomic E-state index is -0.541. The molecule has 0 bridgehead atoms. The number of fused-ring (bicyclic) bond motifs is 1. The zero-order chi connectivity index (χ0) is 21.1. The van der Waals surface area contributed by atoms with Gasteiger partial charge in [-0.1, -0.05) is 29.3 Å². The molecule has 0 fully saturated rings. The topological polar surface area (TPSA) is 61.8 Å². The third kappa shape index (κ3) is 4.32. The predicted octanol–water partition coefficient (Wildman–Crippen LogP) is 5.84. The minimum absolute atomic E-state index is 0.125. The van der Waals surface area contributed by atoms with Crippen LogP contribution in [0.5, 0.6) is 17.2 Å². The summed E-state index contributed by atoms with van der Waals surface area (Å²) in [6.07, 6.45) is 2.96. The van der Waals surface area contributed by atoms with E-state index in [4.69, 9.17) is 37.4 Å². The maximum absolute atomic E-state index is 12.4. The van der Waals surface area contributed by atoms with E-state index in [2.05, 4.69) is 0 Å². The summed E-state index contributed by atoms with van der Waals surface area (Å²) in [4.78, 5) is 24.7. The molecular weight excluding hydrogens is 427 g/mol. The lowest BCUT2D eigenvalue weighted by molar-refractivity contribution is 0.0734. The number of ketones is 1. The molecule has 0 spiro atoms. The summed E-state index contributed by atoms with van der Waals surface area (Å²) >= 11 is 12.2. The number of halogens is 2. The molecule has 7 heteroatoms. The maximum Gasteiger partial charge on any atom is 0.343 e. The Morgan fingerprint density at radius 3 is 2.27 bits per heavy atom. The number of carbonyl (C=O) groups is 2. The molecule has 3 aromatic rings. The molecule has 0 saturated heterocycles. The fourth-order valence-electron chi connectivity index (χ4n) is 2.80. The average molecular weight is 441 g/mol. The van der Waals surface area contributed by atoms with Gasteiger partial charge in [0, 0.05) is 21.2 Å². The normalized spacial score (nSPS) is 12.2. The highest BCUT2D eigenvalue weighted by Crippen LogP contribution is 2.33. The zero-order valence-corrected chi connectivity index (χ0v) is 16.9. The average Bonchev–Trinajstić information content (AvgIpc) is 3.21. The van der Waals surface area contributed by atoms with E-state index in [0.29, 0.717) is 44.0 Å². The second kappa shape index (κ2) is 8.61. The van der Waals surface area contributed by atoms with Crippen LogP contribution in [-0.4, -0.2) is 18.5 Å². The van der Waals surface area contributed by atoms with Crippen LogP contribution in [0.1, 0.15) is 26.3 Å². The fourth-order valence-corrected chi connectivity index (χ4v) is 3.33. The van der Waals surface area contributed by atoms with Crippen LogP contribution in [0.25, 0.3) is 6.08 Å². The lowest BCUT2D eigenvalue weighted by Gasteiger charge is -2.06. The van der Waals surface area contributed by atoms with Crippen molar-refractivity contribution in [2.45, 2.75) is 0 Å². The van der Waals surface area contributed by atoms with Crippen molar-refractivity contribution in [3.05, 3.63) is 93.5 Å². The van der Waals surface area contributed by atoms with E-state index in [1.807, 2.05) is 0 Å². The van der Waals surface area contributed by atoms with E-state index in [1.54, 1.807) is 66.7 Å². The highest BCUT2D eigenvalue weighted by atomic mass is 35.5. The molecule has 4 rings (SSSR count). The predicted molar refractivity (Wildman–Crippen MR) is 114 cm³/mol. The van der Waals surface area contributed by atoms with Gasteiger partial charge >= 0.3 is 5.97 Å². The monoisotopic (exact) mass is 440 g/mol. The summed E-state index contributed by atoms with van der Waals surface area (Å²) in [6.45, 7) is 0.125. The molecule has 5 nitrogen and oxygen atoms in total. The first-order valence-electron chi connectivity index (χ1n) is 8.89. The lowest BCUT2D eigenvalue weighted by Crippen LogP contribution is -2.08. The van der Waals surface area contributed by atoms with Crippen molar-refractivity contribution in [3.8, 4) is 17.2 Å². The van der Waals surface area contributed by atoms with Crippen molar-refractivity contribution >= 4 is 41.0 Å². The molecule has 0 aliphatic carbocycles. The molecule has 0 saturated carbocycles. The van der Waals surface area contributed by atoms with Crippen LogP contribution in [0.4, 0.5) is 0 Å². The van der Waals surface area contributed by atoms with Crippen molar-refractivity contribution in [2.75, 3.05) is 6.79 Å². The van der Waals surface area contributed by atoms with E-state index in [9.17, 15) is 9.59 Å². The van der Waals surface area contributed by atoms with Gasteiger partial charge in [-0.2, -0.15) is 0 Å². The smallest absolute Gasteiger partial charge is 0.343 e. The number of rotatable bonds is 5. The summed E-state index contributed by atoms with van der Waals surface area (Å²) in [7, 11) is 0. The molecule has 0 radical (unpaired) electrons. The number of hydrogen-bond acceptors (Lipinski definition) is 5. The van der Waals surface area contributed by atoms with Crippen molar-refractivity contribution in [2.24, 2.45) is 0 Å². The summed E-state index contributed by atoms with van der Waals surface area (Å²) in [5, 5.41) is 0.912. The largest absolute Gasteiger partial charge is 0.454 e. The van der Waals surface area contributed by atoms with Gasteiger partial charge in [-0.25, -0.2) is 4.79 Å². The SMILES string of the molecule is O=C(C=Cc1c(Cl)cccc1Cl)c1ccc(OC(=O)c2ccc3c(c2)OCO3)cc1. The number of hydrogen-bond donors (Lipinski definition) is 0. The Hall–Kier alpha value is -3.28. The molecule has 1 aliphatic rings. The number of benzene rings is 3. The van der Waals surface area contributed by atoms with Gasteiger partial charge in [0.2, 0.25) is 6.79 Å². The highest BCUT2D eigenvalue weighted by molar-refractivity contribution is 6.37. The second-order valence-electron chi connectivity index (χ2n) is 6.31. The molecule has 0 N–H and O–H groups in total. The van der Waals surface area contributed by atoms with Crippen LogP contribution in [0, 0.1) is 0 Å². The molecule has 3 aromatic carbocycles. The van der Waals surface area contributed by atoms with Gasteiger partial charge in [-0.3, -0.25) is 4.79 Å². The Morgan fingerprint density at radius 2 is 1.53 bits per heavy atom. The van der Waals surface area contributed by atoms with Crippen LogP contribution >= 0.6 is 23.2 Å². The van der Waals surface area contributed by atoms with E-state index < -0.39 is 5.97 Å². The summed E-state index contributed by atoms with van der Waals surface area (Å²) in [6, 6.07) is 16.2. The third-order valence-electron chi connectivity index (χ3n) is 4.36. The van der Waals surface area contributed by atoms with Crippen molar-refractivity contribution in [1.29, 1.82) is 0 Å². The van der Waals surface area contributed by atoms with Gasteiger partial charge in [0.25, 0.3) is 0 Å². The summed E-state index contributed by atoms with van der Waals surface area (Å²) < 4.78 is 15.8. The van der Waals surface area contributed by atoms with E-state index >= 15 is 0 Å². The van der Waals surface area contributed by atoms with Crippen LogP contribution in [0.2, 0.25) is 10.0 Å². The van der Waals surface area contributed by atoms with Gasteiger partial charge in [0.1, 0.15) is 5.75 Å². The summed E-state index contributed by atoms with van der Waals surface area (Å²) in [5.41, 5.74) is 1.33. The number of esters is 1. The van der Waals surface area contributed by atoms with Gasteiger partial charge in [0.05, 0.1) is 5.56 Å². The molecule has 1 aliphatic heterocycles. The molecule has 30 heavy (non-hydrogen) atoms. The maximum atomic E-state index is 12.4. The first-order chi connectivity index (χ1) is 14.5. The fraction of sp³-hybridized carbons (Fsp3) is 0.0435. The quantitative estimate of drug-likeness (QED) is 0.216. The number of carbonyl (C=O) groups excluding carboxylic acids is 2. The van der Waals surface area contributed by atoms with E-state index in [1.165, 1.54) is 6.08 Å². The first kappa shape index (κ1) is 20.0. The highest BCUT2D eigenvalue weighted by Gasteiger charge is 2.17. The van der Waals surface area contributed by atoms with Crippen molar-refractivity contribution < 1.29 is 23.8 Å². The summed E-state index contributed by atoms with van der Waals surface area (Å²) in [5.74, 6) is 0.615. The lowest BCUT2D eigenvalue weighted by atomic mass is 10.1. The van der Waals surface area contributed by atoms with Crippen LogP contribution in [0.15, 0.2) is 66.7 Å². The molecule has 150 valence electrons. The third-order valence-corrected chi connectivity index (χ3v) is 5.02. The first-order valence-corrected chi connectivity index (χ1v) is 9.65. The van der Waals surface area contributed by atoms with Gasteiger partial charge in [-0.15, -0.1) is 0 Å². The number of ether oxygens (including phenoxy) is 3. The Kier molecular flexibility index (Phi) is 5.74. The molecule has 0 aromatic heterocycles. The molecular formula is C23H14Cl2O5. The zero-order valence-electron chi connectivity index (χ0n) is 15.4. The minimum Gasteiger partial charge on any atom is -0.454 e. The van der Waals surface area contributed by atoms with Crippen molar-refractivity contribution in [3.63, 3.8) is 0 Å². The number of allylic oxidation sites excluding steroid dienone is 1. The molecule has 0 unspecified atom stereocenters. The van der Waals surface area contributed by atoms with Crippen LogP contribution in [-0.2, 0) is 0 Å². The van der Waals surface area contributed by atoms with E-state index in [-0.39, 0.29) is 12.6 Å². The van der Waals surface area contributed by atoms with Gasteiger partial charge < -0.3 is 14.2 Å². The van der Waals surface area contributed by atoms with Crippen LogP contribution < -0.4 is 14.2 Å².